The summed E-state index contributed by atoms with van der Waals surface area (Å²) in [5, 5.41) is 8.62. The molecule has 0 heterocycles. The van der Waals surface area contributed by atoms with Gasteiger partial charge in [0.05, 0.1) is 6.61 Å². The van der Waals surface area contributed by atoms with E-state index in [4.69, 9.17) is 9.63 Å². The van der Waals surface area contributed by atoms with E-state index in [0.717, 1.165) is 6.42 Å². The van der Waals surface area contributed by atoms with Crippen molar-refractivity contribution < 1.29 is 14.2 Å². The van der Waals surface area contributed by atoms with Crippen LogP contribution in [0.4, 0.5) is 0 Å². The molecule has 0 saturated carbocycles. The first-order chi connectivity index (χ1) is 4.68. The average molecular weight is 166 g/mol. The van der Waals surface area contributed by atoms with E-state index in [9.17, 15) is 4.57 Å². The van der Waals surface area contributed by atoms with Crippen LogP contribution in [0, 0.1) is 0 Å². The highest BCUT2D eigenvalue weighted by Gasteiger charge is 2.17. The summed E-state index contributed by atoms with van der Waals surface area (Å²) in [4.78, 5) is 0. The summed E-state index contributed by atoms with van der Waals surface area (Å²) < 4.78 is 16.2. The molecule has 0 saturated heterocycles. The molecule has 0 aromatic carbocycles. The van der Waals surface area contributed by atoms with Crippen molar-refractivity contribution in [1.82, 2.24) is 0 Å². The molecule has 10 heavy (non-hydrogen) atoms. The number of aliphatic hydroxyl groups excluding tert-OH is 1. The minimum absolute atomic E-state index is 0.330. The highest BCUT2D eigenvalue weighted by atomic mass is 31.2. The Morgan fingerprint density at radius 3 is 2.40 bits per heavy atom. The zero-order valence-corrected chi connectivity index (χ0v) is 7.43. The normalized spacial score (nSPS) is 16.7. The van der Waals surface area contributed by atoms with E-state index < -0.39 is 7.37 Å². The van der Waals surface area contributed by atoms with Crippen LogP contribution in [0.5, 0.6) is 0 Å². The topological polar surface area (TPSA) is 46.5 Å². The average Bonchev–Trinajstić information content (AvgIpc) is 2.00. The molecule has 0 aromatic heterocycles. The van der Waals surface area contributed by atoms with Crippen LogP contribution in [0.15, 0.2) is 0 Å². The fourth-order valence-electron chi connectivity index (χ4n) is 0.490. The fraction of sp³-hybridized carbons (Fsp3) is 1.00. The van der Waals surface area contributed by atoms with Gasteiger partial charge in [0, 0.05) is 6.16 Å². The SMILES string of the molecule is CCCOP(=O)(CC)CO. The third kappa shape index (κ3) is 3.35. The van der Waals surface area contributed by atoms with Crippen LogP contribution >= 0.6 is 7.37 Å². The van der Waals surface area contributed by atoms with Gasteiger partial charge in [-0.2, -0.15) is 0 Å². The van der Waals surface area contributed by atoms with Gasteiger partial charge in [0.2, 0.25) is 7.37 Å². The van der Waals surface area contributed by atoms with Gasteiger partial charge in [-0.05, 0) is 6.42 Å². The Balaban J connectivity index is 3.70. The van der Waals surface area contributed by atoms with Gasteiger partial charge >= 0.3 is 0 Å². The molecule has 0 aliphatic rings. The largest absolute Gasteiger partial charge is 0.386 e. The number of hydrogen-bond acceptors (Lipinski definition) is 3. The molecule has 0 fully saturated rings. The lowest BCUT2D eigenvalue weighted by Gasteiger charge is -2.12. The first-order valence-electron chi connectivity index (χ1n) is 3.52. The minimum atomic E-state index is -2.64. The van der Waals surface area contributed by atoms with Crippen LogP contribution in [0.25, 0.3) is 0 Å². The van der Waals surface area contributed by atoms with E-state index in [1.807, 2.05) is 6.92 Å². The molecule has 0 amide bonds. The quantitative estimate of drug-likeness (QED) is 0.632. The molecular formula is C6H15O3P. The van der Waals surface area contributed by atoms with Crippen molar-refractivity contribution in [3.63, 3.8) is 0 Å². The maximum atomic E-state index is 11.2. The van der Waals surface area contributed by atoms with E-state index >= 15 is 0 Å². The Bertz CT molecular complexity index is 116. The molecular weight excluding hydrogens is 151 g/mol. The van der Waals surface area contributed by atoms with Crippen molar-refractivity contribution in [3.05, 3.63) is 0 Å². The van der Waals surface area contributed by atoms with Crippen LogP contribution in [-0.2, 0) is 9.09 Å². The van der Waals surface area contributed by atoms with E-state index in [0.29, 0.717) is 12.8 Å². The predicted molar refractivity (Wildman–Crippen MR) is 41.5 cm³/mol. The summed E-state index contributed by atoms with van der Waals surface area (Å²) >= 11 is 0. The van der Waals surface area contributed by atoms with Crippen LogP contribution in [0.3, 0.4) is 0 Å². The van der Waals surface area contributed by atoms with Crippen molar-refractivity contribution in [2.45, 2.75) is 20.3 Å². The lowest BCUT2D eigenvalue weighted by molar-refractivity contribution is 0.273. The monoisotopic (exact) mass is 166 g/mol. The molecule has 0 aliphatic carbocycles. The summed E-state index contributed by atoms with van der Waals surface area (Å²) in [5.41, 5.74) is 0. The maximum Gasteiger partial charge on any atom is 0.227 e. The first-order valence-corrected chi connectivity index (χ1v) is 5.51. The molecule has 0 aliphatic heterocycles. The zero-order valence-electron chi connectivity index (χ0n) is 6.54. The zero-order chi connectivity index (χ0) is 8.04. The smallest absolute Gasteiger partial charge is 0.227 e. The number of hydrogen-bond donors (Lipinski definition) is 1. The first kappa shape index (κ1) is 10.2. The van der Waals surface area contributed by atoms with Crippen LogP contribution in [0.2, 0.25) is 0 Å². The lowest BCUT2D eigenvalue weighted by atomic mass is 10.5. The predicted octanol–water partition coefficient (Wildman–Crippen LogP) is 1.66. The van der Waals surface area contributed by atoms with Gasteiger partial charge in [-0.15, -0.1) is 0 Å². The third-order valence-electron chi connectivity index (χ3n) is 1.23. The molecule has 62 valence electrons. The van der Waals surface area contributed by atoms with Crippen LogP contribution in [-0.4, -0.2) is 24.2 Å². The molecule has 1 atom stereocenters. The van der Waals surface area contributed by atoms with Gasteiger partial charge in [-0.1, -0.05) is 13.8 Å². The Kier molecular flexibility index (Phi) is 4.96. The second kappa shape index (κ2) is 4.89. The summed E-state index contributed by atoms with van der Waals surface area (Å²) in [6, 6.07) is 0. The maximum absolute atomic E-state index is 11.2. The van der Waals surface area contributed by atoms with Crippen LogP contribution < -0.4 is 0 Å². The Hall–Kier alpha value is 0.150. The van der Waals surface area contributed by atoms with Gasteiger partial charge in [0.15, 0.2) is 0 Å². The van der Waals surface area contributed by atoms with Crippen LogP contribution in [0.1, 0.15) is 20.3 Å². The molecule has 0 spiro atoms. The van der Waals surface area contributed by atoms with E-state index in [1.165, 1.54) is 0 Å². The van der Waals surface area contributed by atoms with Gasteiger partial charge in [-0.3, -0.25) is 4.57 Å². The molecule has 0 rings (SSSR count). The lowest BCUT2D eigenvalue weighted by Crippen LogP contribution is -1.98. The third-order valence-corrected chi connectivity index (χ3v) is 3.28. The molecule has 0 radical (unpaired) electrons. The molecule has 1 unspecified atom stereocenters. The number of rotatable bonds is 5. The van der Waals surface area contributed by atoms with Crippen molar-refractivity contribution in [1.29, 1.82) is 0 Å². The van der Waals surface area contributed by atoms with Crippen molar-refractivity contribution in [2.24, 2.45) is 0 Å². The standard InChI is InChI=1S/C6H15O3P/c1-3-5-9-10(8,4-2)6-7/h7H,3-6H2,1-2H3. The van der Waals surface area contributed by atoms with Crippen molar-refractivity contribution in [3.8, 4) is 0 Å². The number of aliphatic hydroxyl groups is 1. The second-order valence-corrected chi connectivity index (χ2v) is 4.91. The highest BCUT2D eigenvalue weighted by molar-refractivity contribution is 7.58. The fourth-order valence-corrected chi connectivity index (χ4v) is 1.47. The van der Waals surface area contributed by atoms with Crippen molar-refractivity contribution >= 4 is 7.37 Å². The van der Waals surface area contributed by atoms with E-state index in [-0.39, 0.29) is 6.35 Å². The Morgan fingerprint density at radius 1 is 1.50 bits per heavy atom. The van der Waals surface area contributed by atoms with E-state index in [1.54, 1.807) is 6.92 Å². The van der Waals surface area contributed by atoms with Gasteiger partial charge in [0.25, 0.3) is 0 Å². The summed E-state index contributed by atoms with van der Waals surface area (Å²) in [7, 11) is -2.64. The van der Waals surface area contributed by atoms with Gasteiger partial charge in [0.1, 0.15) is 6.35 Å². The molecule has 0 bridgehead atoms. The molecule has 0 aromatic rings. The van der Waals surface area contributed by atoms with E-state index in [2.05, 4.69) is 0 Å². The highest BCUT2D eigenvalue weighted by Crippen LogP contribution is 2.44. The molecule has 1 N–H and O–H groups in total. The Labute approximate surface area is 61.8 Å². The summed E-state index contributed by atoms with van der Waals surface area (Å²) in [5.74, 6) is 0. The summed E-state index contributed by atoms with van der Waals surface area (Å²) in [6.45, 7) is 4.18. The Morgan fingerprint density at radius 2 is 2.10 bits per heavy atom. The molecule has 3 nitrogen and oxygen atoms in total. The van der Waals surface area contributed by atoms with Gasteiger partial charge < -0.3 is 9.63 Å². The second-order valence-electron chi connectivity index (χ2n) is 2.11. The minimum Gasteiger partial charge on any atom is -0.386 e. The molecule has 4 heteroatoms. The summed E-state index contributed by atoms with van der Waals surface area (Å²) in [6.07, 6.45) is 0.928. The van der Waals surface area contributed by atoms with Gasteiger partial charge in [-0.25, -0.2) is 0 Å². The van der Waals surface area contributed by atoms with Crippen molar-refractivity contribution in [2.75, 3.05) is 19.1 Å².